The van der Waals surface area contributed by atoms with Crippen molar-refractivity contribution < 1.29 is 14.1 Å². The minimum absolute atomic E-state index is 0.0320. The minimum atomic E-state index is -0.550. The van der Waals surface area contributed by atoms with Crippen molar-refractivity contribution in [1.82, 2.24) is 5.32 Å². The number of nitrogens with zero attached hydrogens (tertiary/aromatic N) is 3. The summed E-state index contributed by atoms with van der Waals surface area (Å²) in [6.07, 6.45) is 1.40. The second-order valence-electron chi connectivity index (χ2n) is 4.61. The maximum Gasteiger partial charge on any atom is 0.287 e. The lowest BCUT2D eigenvalue weighted by Gasteiger charge is -1.99. The number of halogens is 1. The van der Waals surface area contributed by atoms with Crippen molar-refractivity contribution in [3.05, 3.63) is 51.2 Å². The molecular formula is C14H9ClN4O4S. The van der Waals surface area contributed by atoms with Crippen LogP contribution in [0.25, 0.3) is 11.3 Å². The molecule has 0 unspecified atom stereocenters. The summed E-state index contributed by atoms with van der Waals surface area (Å²) in [5, 5.41) is 21.5. The van der Waals surface area contributed by atoms with E-state index in [1.165, 1.54) is 30.1 Å². The summed E-state index contributed by atoms with van der Waals surface area (Å²) < 4.78 is 5.57. The van der Waals surface area contributed by atoms with Crippen molar-refractivity contribution in [3.8, 4) is 11.3 Å². The van der Waals surface area contributed by atoms with Crippen LogP contribution < -0.4 is 5.32 Å². The van der Waals surface area contributed by atoms with E-state index in [-0.39, 0.29) is 16.6 Å². The smallest absolute Gasteiger partial charge is 0.287 e. The van der Waals surface area contributed by atoms with Crippen LogP contribution in [0.2, 0.25) is 5.02 Å². The zero-order chi connectivity index (χ0) is 17.1. The van der Waals surface area contributed by atoms with E-state index in [0.29, 0.717) is 28.0 Å². The molecule has 2 heterocycles. The number of thioether (sulfide) groups is 1. The van der Waals surface area contributed by atoms with Gasteiger partial charge in [-0.3, -0.25) is 14.9 Å². The molecular weight excluding hydrogens is 356 g/mol. The number of amides is 1. The van der Waals surface area contributed by atoms with Crippen LogP contribution in [0.15, 0.2) is 45.0 Å². The van der Waals surface area contributed by atoms with E-state index in [9.17, 15) is 14.9 Å². The van der Waals surface area contributed by atoms with Gasteiger partial charge in [0.05, 0.1) is 16.9 Å². The molecule has 0 spiro atoms. The Kier molecular flexibility index (Phi) is 4.63. The Morgan fingerprint density at radius 3 is 2.88 bits per heavy atom. The molecule has 10 heteroatoms. The molecule has 1 N–H and O–H groups in total. The monoisotopic (exact) mass is 364 g/mol. The molecule has 1 aromatic carbocycles. The first-order chi connectivity index (χ1) is 11.5. The first-order valence-corrected chi connectivity index (χ1v) is 7.97. The third-order valence-corrected chi connectivity index (χ3v) is 4.14. The molecule has 24 heavy (non-hydrogen) atoms. The Morgan fingerprint density at radius 1 is 1.38 bits per heavy atom. The van der Waals surface area contributed by atoms with Gasteiger partial charge in [0.2, 0.25) is 5.91 Å². The fourth-order valence-electron chi connectivity index (χ4n) is 1.90. The lowest BCUT2D eigenvalue weighted by atomic mass is 10.1. The molecule has 0 saturated carbocycles. The molecule has 122 valence electrons. The second-order valence-corrected chi connectivity index (χ2v) is 5.98. The van der Waals surface area contributed by atoms with E-state index >= 15 is 0 Å². The Morgan fingerprint density at radius 2 is 2.21 bits per heavy atom. The largest absolute Gasteiger partial charge is 0.455 e. The average molecular weight is 365 g/mol. The lowest BCUT2D eigenvalue weighted by Crippen LogP contribution is -2.19. The fraction of sp³-hybridized carbons (Fsp3) is 0.0714. The number of furan rings is 1. The van der Waals surface area contributed by atoms with Gasteiger partial charge < -0.3 is 9.73 Å². The molecule has 1 saturated heterocycles. The highest BCUT2D eigenvalue weighted by molar-refractivity contribution is 8.15. The average Bonchev–Trinajstić information content (AvgIpc) is 3.16. The first-order valence-electron chi connectivity index (χ1n) is 6.61. The molecule has 0 atom stereocenters. The molecule has 0 aliphatic carbocycles. The van der Waals surface area contributed by atoms with Crippen LogP contribution in [0.1, 0.15) is 5.76 Å². The van der Waals surface area contributed by atoms with Gasteiger partial charge in [-0.25, -0.2) is 0 Å². The van der Waals surface area contributed by atoms with E-state index in [1.807, 2.05) is 0 Å². The van der Waals surface area contributed by atoms with Crippen molar-refractivity contribution in [2.45, 2.75) is 0 Å². The summed E-state index contributed by atoms with van der Waals surface area (Å²) in [5.41, 5.74) is 0.441. The van der Waals surface area contributed by atoms with Gasteiger partial charge in [-0.05, 0) is 24.3 Å². The van der Waals surface area contributed by atoms with Crippen LogP contribution in [0, 0.1) is 10.1 Å². The summed E-state index contributed by atoms with van der Waals surface area (Å²) in [4.78, 5) is 21.2. The highest BCUT2D eigenvalue weighted by Gasteiger charge is 2.16. The number of amidine groups is 1. The Hall–Kier alpha value is -2.65. The number of carbonyl (C=O) groups excluding carboxylic acids is 1. The van der Waals surface area contributed by atoms with Gasteiger partial charge in [0.25, 0.3) is 5.69 Å². The molecule has 2 aromatic rings. The van der Waals surface area contributed by atoms with Crippen LogP contribution in [0.5, 0.6) is 0 Å². The second kappa shape index (κ2) is 6.85. The molecule has 1 fully saturated rings. The van der Waals surface area contributed by atoms with E-state index in [2.05, 4.69) is 15.5 Å². The zero-order valence-electron chi connectivity index (χ0n) is 11.9. The van der Waals surface area contributed by atoms with E-state index < -0.39 is 4.92 Å². The number of rotatable bonds is 4. The molecule has 1 amide bonds. The summed E-state index contributed by atoms with van der Waals surface area (Å²) in [7, 11) is 0. The van der Waals surface area contributed by atoms with Gasteiger partial charge in [0.1, 0.15) is 16.5 Å². The number of benzene rings is 1. The van der Waals surface area contributed by atoms with Crippen LogP contribution >= 0.6 is 23.4 Å². The number of carbonyl (C=O) groups is 1. The van der Waals surface area contributed by atoms with Crippen molar-refractivity contribution in [2.24, 2.45) is 10.2 Å². The van der Waals surface area contributed by atoms with Crippen molar-refractivity contribution in [2.75, 3.05) is 5.75 Å². The van der Waals surface area contributed by atoms with Gasteiger partial charge in [0, 0.05) is 11.6 Å². The number of nitrogens with one attached hydrogen (secondary N) is 1. The first kappa shape index (κ1) is 16.2. The van der Waals surface area contributed by atoms with Gasteiger partial charge in [-0.15, -0.1) is 5.10 Å². The Bertz CT molecular complexity index is 877. The SMILES string of the molecule is O=C1CS/C(=N\N=C/c2ccc(-c3ccc([N+](=O)[O-])c(Cl)c3)o2)N1. The van der Waals surface area contributed by atoms with E-state index in [0.717, 1.165) is 0 Å². The maximum atomic E-state index is 11.0. The summed E-state index contributed by atoms with van der Waals surface area (Å²) in [5.74, 6) is 1.16. The Balaban J connectivity index is 1.75. The molecule has 0 bridgehead atoms. The van der Waals surface area contributed by atoms with E-state index in [4.69, 9.17) is 16.0 Å². The van der Waals surface area contributed by atoms with Crippen molar-refractivity contribution >= 4 is 46.3 Å². The van der Waals surface area contributed by atoms with Crippen LogP contribution in [0.4, 0.5) is 5.69 Å². The van der Waals surface area contributed by atoms with Gasteiger partial charge in [0.15, 0.2) is 5.17 Å². The number of nitro benzene ring substituents is 1. The normalized spacial score (nSPS) is 16.0. The Labute approximate surface area is 144 Å². The molecule has 1 aromatic heterocycles. The van der Waals surface area contributed by atoms with E-state index in [1.54, 1.807) is 18.2 Å². The molecule has 1 aliphatic heterocycles. The standard InChI is InChI=1S/C14H9ClN4O4S/c15-10-5-8(1-3-11(10)19(21)22)12-4-2-9(23-12)6-16-18-14-17-13(20)7-24-14/h1-6H,7H2,(H,17,18,20)/b16-6-. The quantitative estimate of drug-likeness (QED) is 0.509. The summed E-state index contributed by atoms with van der Waals surface area (Å²) >= 11 is 7.15. The number of hydrogen-bond acceptors (Lipinski definition) is 7. The molecule has 0 radical (unpaired) electrons. The van der Waals surface area contributed by atoms with Gasteiger partial charge in [-0.2, -0.15) is 5.10 Å². The van der Waals surface area contributed by atoms with Crippen LogP contribution in [-0.2, 0) is 4.79 Å². The predicted octanol–water partition coefficient (Wildman–Crippen LogP) is 3.06. The maximum absolute atomic E-state index is 11.0. The van der Waals surface area contributed by atoms with Gasteiger partial charge >= 0.3 is 0 Å². The predicted molar refractivity (Wildman–Crippen MR) is 91.4 cm³/mol. The molecule has 8 nitrogen and oxygen atoms in total. The third-order valence-electron chi connectivity index (χ3n) is 2.98. The third kappa shape index (κ3) is 3.63. The van der Waals surface area contributed by atoms with Gasteiger partial charge in [-0.1, -0.05) is 23.4 Å². The highest BCUT2D eigenvalue weighted by atomic mass is 35.5. The highest BCUT2D eigenvalue weighted by Crippen LogP contribution is 2.30. The van der Waals surface area contributed by atoms with Crippen molar-refractivity contribution in [3.63, 3.8) is 0 Å². The number of nitro groups is 1. The molecule has 3 rings (SSSR count). The van der Waals surface area contributed by atoms with Crippen LogP contribution in [0.3, 0.4) is 0 Å². The number of hydrogen-bond donors (Lipinski definition) is 1. The fourth-order valence-corrected chi connectivity index (χ4v) is 2.78. The minimum Gasteiger partial charge on any atom is -0.455 e. The summed E-state index contributed by atoms with van der Waals surface area (Å²) in [6.45, 7) is 0. The van der Waals surface area contributed by atoms with Crippen LogP contribution in [-0.4, -0.2) is 28.0 Å². The topological polar surface area (TPSA) is 110 Å². The lowest BCUT2D eigenvalue weighted by molar-refractivity contribution is -0.384. The zero-order valence-corrected chi connectivity index (χ0v) is 13.5. The molecule has 1 aliphatic rings. The summed E-state index contributed by atoms with van der Waals surface area (Å²) in [6, 6.07) is 7.70. The van der Waals surface area contributed by atoms with Crippen molar-refractivity contribution in [1.29, 1.82) is 0 Å².